The molecule has 1 aliphatic rings. The van der Waals surface area contributed by atoms with Gasteiger partial charge in [-0.3, -0.25) is 9.79 Å². The minimum atomic E-state index is -0.0476. The highest BCUT2D eigenvalue weighted by atomic mass is 127. The van der Waals surface area contributed by atoms with E-state index in [0.717, 1.165) is 36.2 Å². The van der Waals surface area contributed by atoms with Crippen LogP contribution in [-0.4, -0.2) is 37.5 Å². The number of guanidine groups is 1. The Morgan fingerprint density at radius 2 is 1.88 bits per heavy atom. The number of halogens is 2. The number of nitrogens with one attached hydrogen (secondary N) is 3. The highest BCUT2D eigenvalue weighted by Gasteiger charge is 2.11. The van der Waals surface area contributed by atoms with E-state index in [1.807, 2.05) is 12.1 Å². The molecule has 1 amide bonds. The topological polar surface area (TPSA) is 65.5 Å². The van der Waals surface area contributed by atoms with Crippen LogP contribution in [0.2, 0.25) is 0 Å². The number of aliphatic imine (C=N–C) groups is 1. The van der Waals surface area contributed by atoms with Crippen LogP contribution in [0, 0.1) is 0 Å². The Morgan fingerprint density at radius 3 is 2.52 bits per heavy atom. The molecule has 5 nitrogen and oxygen atoms in total. The van der Waals surface area contributed by atoms with Crippen molar-refractivity contribution in [2.24, 2.45) is 4.99 Å². The first kappa shape index (κ1) is 22.0. The molecule has 0 unspecified atom stereocenters. The minimum absolute atomic E-state index is 0. The van der Waals surface area contributed by atoms with Crippen molar-refractivity contribution in [1.29, 1.82) is 0 Å². The highest BCUT2D eigenvalue weighted by molar-refractivity contribution is 14.0. The molecule has 0 atom stereocenters. The molecule has 3 N–H and O–H groups in total. The molecule has 25 heavy (non-hydrogen) atoms. The Hall–Kier alpha value is -1.09. The Kier molecular flexibility index (Phi) is 10.8. The summed E-state index contributed by atoms with van der Waals surface area (Å²) in [5.41, 5.74) is 0.672. The summed E-state index contributed by atoms with van der Waals surface area (Å²) in [6.07, 6.45) is 7.29. The van der Waals surface area contributed by atoms with Crippen LogP contribution in [0.5, 0.6) is 0 Å². The Morgan fingerprint density at radius 1 is 1.20 bits per heavy atom. The average Bonchev–Trinajstić information content (AvgIpc) is 3.08. The summed E-state index contributed by atoms with van der Waals surface area (Å²) in [7, 11) is 0. The third-order valence-corrected chi connectivity index (χ3v) is 4.22. The normalized spacial score (nSPS) is 14.1. The average molecular weight is 521 g/mol. The standard InChI is InChI=1S/C18H25BrN4O.HI/c1-2-20-18(23-16-6-3-4-7-16)22-13-5-12-21-17(24)14-8-10-15(19)11-9-14;/h3-4,8-11,16H,2,5-7,12-13H2,1H3,(H,21,24)(H2,20,22,23);1H. The van der Waals surface area contributed by atoms with E-state index < -0.39 is 0 Å². The fourth-order valence-electron chi connectivity index (χ4n) is 2.42. The van der Waals surface area contributed by atoms with Gasteiger partial charge in [-0.25, -0.2) is 0 Å². The van der Waals surface area contributed by atoms with Crippen molar-refractivity contribution in [3.05, 3.63) is 46.5 Å². The van der Waals surface area contributed by atoms with Gasteiger partial charge in [0.15, 0.2) is 5.96 Å². The quantitative estimate of drug-likeness (QED) is 0.169. The van der Waals surface area contributed by atoms with Crippen LogP contribution in [0.1, 0.15) is 36.5 Å². The van der Waals surface area contributed by atoms with E-state index in [9.17, 15) is 4.79 Å². The van der Waals surface area contributed by atoms with Crippen molar-refractivity contribution in [2.75, 3.05) is 19.6 Å². The fraction of sp³-hybridized carbons (Fsp3) is 0.444. The predicted octanol–water partition coefficient (Wildman–Crippen LogP) is 3.46. The molecule has 0 bridgehead atoms. The summed E-state index contributed by atoms with van der Waals surface area (Å²) in [5.74, 6) is 0.805. The summed E-state index contributed by atoms with van der Waals surface area (Å²) < 4.78 is 0.967. The van der Waals surface area contributed by atoms with Crippen LogP contribution >= 0.6 is 39.9 Å². The zero-order valence-corrected chi connectivity index (χ0v) is 18.3. The Bertz CT molecular complexity index is 581. The molecule has 0 heterocycles. The largest absolute Gasteiger partial charge is 0.357 e. The Labute approximate surface area is 175 Å². The summed E-state index contributed by atoms with van der Waals surface area (Å²) in [6, 6.07) is 7.79. The number of nitrogens with zero attached hydrogens (tertiary/aromatic N) is 1. The van der Waals surface area contributed by atoms with Gasteiger partial charge < -0.3 is 16.0 Å². The summed E-state index contributed by atoms with van der Waals surface area (Å²) in [5, 5.41) is 9.61. The van der Waals surface area contributed by atoms with E-state index in [2.05, 4.69) is 55.9 Å². The van der Waals surface area contributed by atoms with E-state index >= 15 is 0 Å². The molecule has 2 rings (SSSR count). The smallest absolute Gasteiger partial charge is 0.251 e. The van der Waals surface area contributed by atoms with Crippen molar-refractivity contribution >= 4 is 51.8 Å². The number of hydrogen-bond acceptors (Lipinski definition) is 2. The van der Waals surface area contributed by atoms with Crippen LogP contribution in [0.25, 0.3) is 0 Å². The van der Waals surface area contributed by atoms with Gasteiger partial charge in [-0.15, -0.1) is 24.0 Å². The molecule has 0 saturated carbocycles. The summed E-state index contributed by atoms with van der Waals surface area (Å²) in [4.78, 5) is 16.6. The molecule has 0 radical (unpaired) electrons. The van der Waals surface area contributed by atoms with Gasteiger partial charge in [0, 0.05) is 35.7 Å². The van der Waals surface area contributed by atoms with Gasteiger partial charge in [-0.2, -0.15) is 0 Å². The van der Waals surface area contributed by atoms with Crippen molar-refractivity contribution in [3.63, 3.8) is 0 Å². The molecule has 138 valence electrons. The second kappa shape index (κ2) is 12.3. The first-order chi connectivity index (χ1) is 11.7. The molecule has 0 aliphatic heterocycles. The number of amides is 1. The lowest BCUT2D eigenvalue weighted by atomic mass is 10.2. The fourth-order valence-corrected chi connectivity index (χ4v) is 2.69. The first-order valence-electron chi connectivity index (χ1n) is 8.42. The third-order valence-electron chi connectivity index (χ3n) is 3.69. The van der Waals surface area contributed by atoms with Crippen LogP contribution in [0.3, 0.4) is 0 Å². The van der Waals surface area contributed by atoms with Crippen LogP contribution in [-0.2, 0) is 0 Å². The lowest BCUT2D eigenvalue weighted by molar-refractivity contribution is 0.0953. The van der Waals surface area contributed by atoms with Crippen molar-refractivity contribution < 1.29 is 4.79 Å². The van der Waals surface area contributed by atoms with Crippen molar-refractivity contribution in [2.45, 2.75) is 32.2 Å². The second-order valence-corrected chi connectivity index (χ2v) is 6.58. The third kappa shape index (κ3) is 8.22. The van der Waals surface area contributed by atoms with Gasteiger partial charge in [-0.1, -0.05) is 28.1 Å². The van der Waals surface area contributed by atoms with Crippen LogP contribution in [0.15, 0.2) is 45.9 Å². The van der Waals surface area contributed by atoms with Gasteiger partial charge in [0.1, 0.15) is 0 Å². The number of benzene rings is 1. The van der Waals surface area contributed by atoms with Crippen molar-refractivity contribution in [3.8, 4) is 0 Å². The zero-order chi connectivity index (χ0) is 17.2. The first-order valence-corrected chi connectivity index (χ1v) is 9.22. The monoisotopic (exact) mass is 520 g/mol. The van der Waals surface area contributed by atoms with Gasteiger partial charge in [0.2, 0.25) is 0 Å². The molecule has 7 heteroatoms. The molecule has 1 aromatic rings. The number of carbonyl (C=O) groups is 1. The second-order valence-electron chi connectivity index (χ2n) is 5.66. The minimum Gasteiger partial charge on any atom is -0.357 e. The van der Waals surface area contributed by atoms with Gasteiger partial charge in [0.05, 0.1) is 0 Å². The maximum atomic E-state index is 12.0. The van der Waals surface area contributed by atoms with E-state index in [1.165, 1.54) is 0 Å². The molecular formula is C18H26BrIN4O. The molecule has 0 spiro atoms. The van der Waals surface area contributed by atoms with Crippen molar-refractivity contribution in [1.82, 2.24) is 16.0 Å². The molecular weight excluding hydrogens is 495 g/mol. The molecule has 1 aromatic carbocycles. The number of rotatable bonds is 7. The highest BCUT2D eigenvalue weighted by Crippen LogP contribution is 2.10. The van der Waals surface area contributed by atoms with E-state index in [1.54, 1.807) is 12.1 Å². The number of hydrogen-bond donors (Lipinski definition) is 3. The summed E-state index contributed by atoms with van der Waals surface area (Å²) >= 11 is 3.36. The van der Waals surface area contributed by atoms with Gasteiger partial charge >= 0.3 is 0 Å². The molecule has 0 fully saturated rings. The maximum Gasteiger partial charge on any atom is 0.251 e. The summed E-state index contributed by atoms with van der Waals surface area (Å²) in [6.45, 7) is 4.19. The van der Waals surface area contributed by atoms with Gasteiger partial charge in [-0.05, 0) is 50.5 Å². The molecule has 1 aliphatic carbocycles. The Balaban J connectivity index is 0.00000312. The van der Waals surface area contributed by atoms with E-state index in [-0.39, 0.29) is 29.9 Å². The number of carbonyl (C=O) groups excluding carboxylic acids is 1. The molecule has 0 saturated heterocycles. The lowest BCUT2D eigenvalue weighted by Gasteiger charge is -2.16. The SMILES string of the molecule is CCNC(=NCCCNC(=O)c1ccc(Br)cc1)NC1CC=CC1.I. The van der Waals surface area contributed by atoms with Crippen LogP contribution < -0.4 is 16.0 Å². The maximum absolute atomic E-state index is 12.0. The zero-order valence-electron chi connectivity index (χ0n) is 14.4. The van der Waals surface area contributed by atoms with E-state index in [0.29, 0.717) is 24.7 Å². The molecule has 0 aromatic heterocycles. The lowest BCUT2D eigenvalue weighted by Crippen LogP contribution is -2.42. The predicted molar refractivity (Wildman–Crippen MR) is 118 cm³/mol. The van der Waals surface area contributed by atoms with Crippen LogP contribution in [0.4, 0.5) is 0 Å². The van der Waals surface area contributed by atoms with E-state index in [4.69, 9.17) is 0 Å². The van der Waals surface area contributed by atoms with Gasteiger partial charge in [0.25, 0.3) is 5.91 Å².